The lowest BCUT2D eigenvalue weighted by Gasteiger charge is -2.16. The molecule has 1 aliphatic rings. The first-order valence-corrected chi connectivity index (χ1v) is 9.50. The van der Waals surface area contributed by atoms with Crippen LogP contribution in [0.3, 0.4) is 0 Å². The van der Waals surface area contributed by atoms with Gasteiger partial charge in [0.05, 0.1) is 4.90 Å². The Bertz CT molecular complexity index is 858. The molecule has 1 aliphatic carbocycles. The highest BCUT2D eigenvalue weighted by atomic mass is 32.2. The van der Waals surface area contributed by atoms with Crippen LogP contribution in [0.5, 0.6) is 0 Å². The lowest BCUT2D eigenvalue weighted by Crippen LogP contribution is -2.23. The van der Waals surface area contributed by atoms with Crippen LogP contribution in [0.1, 0.15) is 39.9 Å². The van der Waals surface area contributed by atoms with E-state index in [2.05, 4.69) is 5.32 Å². The van der Waals surface area contributed by atoms with Crippen molar-refractivity contribution in [2.75, 3.05) is 0 Å². The highest BCUT2D eigenvalue weighted by Crippen LogP contribution is 2.22. The number of benzene rings is 2. The van der Waals surface area contributed by atoms with Gasteiger partial charge >= 0.3 is 0 Å². The number of hydrogen-bond acceptors (Lipinski definition) is 3. The van der Waals surface area contributed by atoms with Crippen molar-refractivity contribution in [3.8, 4) is 0 Å². The van der Waals surface area contributed by atoms with Crippen molar-refractivity contribution in [2.45, 2.75) is 37.1 Å². The summed E-state index contributed by atoms with van der Waals surface area (Å²) in [7, 11) is -3.69. The molecule has 0 saturated carbocycles. The minimum atomic E-state index is -3.69. The Morgan fingerprint density at radius 3 is 2.33 bits per heavy atom. The Kier molecular flexibility index (Phi) is 4.69. The molecule has 2 aromatic rings. The summed E-state index contributed by atoms with van der Waals surface area (Å²) in [5.41, 5.74) is 4.09. The molecule has 0 bridgehead atoms. The average molecular weight is 344 g/mol. The van der Waals surface area contributed by atoms with Crippen molar-refractivity contribution in [2.24, 2.45) is 5.14 Å². The van der Waals surface area contributed by atoms with Gasteiger partial charge in [-0.2, -0.15) is 0 Å². The van der Waals surface area contributed by atoms with Gasteiger partial charge < -0.3 is 5.32 Å². The molecule has 0 fully saturated rings. The summed E-state index contributed by atoms with van der Waals surface area (Å²) in [6, 6.07) is 12.1. The van der Waals surface area contributed by atoms with Gasteiger partial charge in [-0.05, 0) is 66.6 Å². The highest BCUT2D eigenvalue weighted by molar-refractivity contribution is 7.89. The molecule has 0 aliphatic heterocycles. The molecule has 1 amide bonds. The Hall–Kier alpha value is -2.18. The monoisotopic (exact) mass is 344 g/mol. The molecular formula is C18H20N2O3S. The fourth-order valence-corrected chi connectivity index (χ4v) is 3.47. The van der Waals surface area contributed by atoms with Crippen LogP contribution in [0.25, 0.3) is 0 Å². The molecule has 0 atom stereocenters. The number of aryl methyl sites for hydroxylation is 2. The van der Waals surface area contributed by atoms with Crippen molar-refractivity contribution in [3.05, 3.63) is 64.7 Å². The molecule has 0 unspecified atom stereocenters. The maximum absolute atomic E-state index is 12.3. The largest absolute Gasteiger partial charge is 0.348 e. The van der Waals surface area contributed by atoms with Gasteiger partial charge in [0.25, 0.3) is 5.91 Å². The van der Waals surface area contributed by atoms with Gasteiger partial charge in [0, 0.05) is 12.1 Å². The number of amides is 1. The average Bonchev–Trinajstić information content (AvgIpc) is 2.59. The van der Waals surface area contributed by atoms with E-state index in [1.807, 2.05) is 18.2 Å². The number of carbonyl (C=O) groups is 1. The van der Waals surface area contributed by atoms with E-state index in [1.165, 1.54) is 36.1 Å². The topological polar surface area (TPSA) is 89.3 Å². The van der Waals surface area contributed by atoms with Crippen molar-refractivity contribution in [1.29, 1.82) is 0 Å². The summed E-state index contributed by atoms with van der Waals surface area (Å²) in [5, 5.41) is 7.92. The van der Waals surface area contributed by atoms with Gasteiger partial charge in [-0.15, -0.1) is 0 Å². The predicted octanol–water partition coefficient (Wildman–Crippen LogP) is 2.14. The predicted molar refractivity (Wildman–Crippen MR) is 92.1 cm³/mol. The maximum Gasteiger partial charge on any atom is 0.251 e. The summed E-state index contributed by atoms with van der Waals surface area (Å²) >= 11 is 0. The Labute approximate surface area is 141 Å². The lowest BCUT2D eigenvalue weighted by atomic mass is 9.90. The van der Waals surface area contributed by atoms with Crippen LogP contribution in [0, 0.1) is 0 Å². The quantitative estimate of drug-likeness (QED) is 0.890. The van der Waals surface area contributed by atoms with E-state index in [1.54, 1.807) is 12.1 Å². The zero-order chi connectivity index (χ0) is 17.2. The van der Waals surface area contributed by atoms with Crippen molar-refractivity contribution in [3.63, 3.8) is 0 Å². The molecule has 0 heterocycles. The molecule has 0 saturated heterocycles. The summed E-state index contributed by atoms with van der Waals surface area (Å²) in [4.78, 5) is 12.4. The number of rotatable bonds is 4. The van der Waals surface area contributed by atoms with Crippen LogP contribution in [0.4, 0.5) is 0 Å². The third-order valence-electron chi connectivity index (χ3n) is 4.32. The molecule has 0 spiro atoms. The molecule has 5 nitrogen and oxygen atoms in total. The first kappa shape index (κ1) is 16.7. The van der Waals surface area contributed by atoms with Crippen LogP contribution >= 0.6 is 0 Å². The zero-order valence-corrected chi connectivity index (χ0v) is 14.1. The molecule has 126 valence electrons. The molecule has 3 rings (SSSR count). The highest BCUT2D eigenvalue weighted by Gasteiger charge is 2.13. The van der Waals surface area contributed by atoms with Crippen LogP contribution in [0.15, 0.2) is 47.4 Å². The van der Waals surface area contributed by atoms with E-state index < -0.39 is 10.0 Å². The second kappa shape index (κ2) is 6.75. The van der Waals surface area contributed by atoms with Gasteiger partial charge in [-0.25, -0.2) is 13.6 Å². The molecule has 0 radical (unpaired) electrons. The van der Waals surface area contributed by atoms with Gasteiger partial charge in [0.1, 0.15) is 0 Å². The fraction of sp³-hybridized carbons (Fsp3) is 0.278. The number of carbonyl (C=O) groups excluding carboxylic acids is 1. The van der Waals surface area contributed by atoms with E-state index >= 15 is 0 Å². The SMILES string of the molecule is NS(=O)(=O)c1ccc(CNC(=O)c2ccc3c(c2)CCCC3)cc1. The summed E-state index contributed by atoms with van der Waals surface area (Å²) < 4.78 is 22.4. The second-order valence-electron chi connectivity index (χ2n) is 6.06. The minimum Gasteiger partial charge on any atom is -0.348 e. The van der Waals surface area contributed by atoms with Crippen LogP contribution in [-0.2, 0) is 29.4 Å². The second-order valence-corrected chi connectivity index (χ2v) is 7.62. The van der Waals surface area contributed by atoms with Gasteiger partial charge in [0.2, 0.25) is 10.0 Å². The van der Waals surface area contributed by atoms with Crippen LogP contribution in [-0.4, -0.2) is 14.3 Å². The first-order chi connectivity index (χ1) is 11.4. The van der Waals surface area contributed by atoms with E-state index in [0.29, 0.717) is 12.1 Å². The Balaban J connectivity index is 1.65. The number of hydrogen-bond donors (Lipinski definition) is 2. The van der Waals surface area contributed by atoms with Gasteiger partial charge in [-0.3, -0.25) is 4.79 Å². The minimum absolute atomic E-state index is 0.0623. The molecule has 2 aromatic carbocycles. The van der Waals surface area contributed by atoms with E-state index in [9.17, 15) is 13.2 Å². The summed E-state index contributed by atoms with van der Waals surface area (Å²) in [6.45, 7) is 0.334. The van der Waals surface area contributed by atoms with E-state index in [4.69, 9.17) is 5.14 Å². The van der Waals surface area contributed by atoms with E-state index in [0.717, 1.165) is 18.4 Å². The van der Waals surface area contributed by atoms with Crippen molar-refractivity contribution in [1.82, 2.24) is 5.32 Å². The van der Waals surface area contributed by atoms with Gasteiger partial charge in [-0.1, -0.05) is 18.2 Å². The van der Waals surface area contributed by atoms with Crippen LogP contribution in [0.2, 0.25) is 0 Å². The maximum atomic E-state index is 12.3. The number of primary sulfonamides is 1. The molecule has 24 heavy (non-hydrogen) atoms. The zero-order valence-electron chi connectivity index (χ0n) is 13.3. The standard InChI is InChI=1S/C18H20N2O3S/c19-24(22,23)17-9-5-13(6-10-17)12-20-18(21)16-8-7-14-3-1-2-4-15(14)11-16/h5-11H,1-4,12H2,(H,20,21)(H2,19,22,23). The molecule has 6 heteroatoms. The van der Waals surface area contributed by atoms with Crippen molar-refractivity contribution >= 4 is 15.9 Å². The first-order valence-electron chi connectivity index (χ1n) is 7.95. The molecular weight excluding hydrogens is 324 g/mol. The number of nitrogens with two attached hydrogens (primary N) is 1. The lowest BCUT2D eigenvalue weighted by molar-refractivity contribution is 0.0950. The Morgan fingerprint density at radius 2 is 1.67 bits per heavy atom. The summed E-state index contributed by atoms with van der Waals surface area (Å²) in [6.07, 6.45) is 4.51. The number of fused-ring (bicyclic) bond motifs is 1. The van der Waals surface area contributed by atoms with E-state index in [-0.39, 0.29) is 10.8 Å². The number of sulfonamides is 1. The number of nitrogens with one attached hydrogen (secondary N) is 1. The third-order valence-corrected chi connectivity index (χ3v) is 5.24. The van der Waals surface area contributed by atoms with Crippen molar-refractivity contribution < 1.29 is 13.2 Å². The fourth-order valence-electron chi connectivity index (χ4n) is 2.96. The molecule has 0 aromatic heterocycles. The summed E-state index contributed by atoms with van der Waals surface area (Å²) in [5.74, 6) is -0.126. The smallest absolute Gasteiger partial charge is 0.251 e. The van der Waals surface area contributed by atoms with Crippen LogP contribution < -0.4 is 10.5 Å². The normalized spacial score (nSPS) is 14.0. The van der Waals surface area contributed by atoms with Gasteiger partial charge in [0.15, 0.2) is 0 Å². The molecule has 3 N–H and O–H groups in total. The third kappa shape index (κ3) is 3.83. The Morgan fingerprint density at radius 1 is 1.00 bits per heavy atom.